The summed E-state index contributed by atoms with van der Waals surface area (Å²) in [7, 11) is 0. The number of aryl methyl sites for hydroxylation is 1. The molecule has 0 bridgehead atoms. The van der Waals surface area contributed by atoms with E-state index in [0.29, 0.717) is 0 Å². The van der Waals surface area contributed by atoms with Crippen molar-refractivity contribution in [1.82, 2.24) is 10.3 Å². The Kier molecular flexibility index (Phi) is 5.13. The highest BCUT2D eigenvalue weighted by atomic mass is 16.5. The first-order valence-electron chi connectivity index (χ1n) is 5.56. The summed E-state index contributed by atoms with van der Waals surface area (Å²) in [4.78, 5) is 26.5. The largest absolute Gasteiger partial charge is 0.459 e. The molecule has 0 aliphatic carbocycles. The average Bonchev–Trinajstić information content (AvgIpc) is 2.36. The maximum atomic E-state index is 11.3. The lowest BCUT2D eigenvalue weighted by molar-refractivity contribution is -0.154. The van der Waals surface area contributed by atoms with Crippen molar-refractivity contribution in [3.05, 3.63) is 29.6 Å². The Hall–Kier alpha value is -1.91. The number of aromatic nitrogens is 1. The number of hydrogen-bond acceptors (Lipinski definition) is 4. The number of esters is 1. The highest BCUT2D eigenvalue weighted by molar-refractivity contribution is 6.32. The molecule has 0 aliphatic heterocycles. The molecule has 0 saturated carbocycles. The van der Waals surface area contributed by atoms with Crippen LogP contribution in [0.3, 0.4) is 0 Å². The van der Waals surface area contributed by atoms with Crippen LogP contribution in [0.25, 0.3) is 0 Å². The van der Waals surface area contributed by atoms with Gasteiger partial charge in [-0.1, -0.05) is 13.0 Å². The van der Waals surface area contributed by atoms with Gasteiger partial charge in [-0.2, -0.15) is 0 Å². The summed E-state index contributed by atoms with van der Waals surface area (Å²) in [6.07, 6.45) is 2.49. The fourth-order valence-corrected chi connectivity index (χ4v) is 1.39. The predicted molar refractivity (Wildman–Crippen MR) is 62.1 cm³/mol. The van der Waals surface area contributed by atoms with Crippen LogP contribution >= 0.6 is 0 Å². The predicted octanol–water partition coefficient (Wildman–Crippen LogP) is 0.823. The number of nitrogens with zero attached hydrogens (tertiary/aromatic N) is 1. The topological polar surface area (TPSA) is 68.3 Å². The third-order valence-corrected chi connectivity index (χ3v) is 2.24. The van der Waals surface area contributed by atoms with E-state index < -0.39 is 11.9 Å². The Morgan fingerprint density at radius 1 is 1.41 bits per heavy atom. The number of hydrogen-bond donors (Lipinski definition) is 1. The molecule has 5 heteroatoms. The first-order chi connectivity index (χ1) is 8.19. The molecule has 0 aliphatic rings. The van der Waals surface area contributed by atoms with Crippen LogP contribution in [0.4, 0.5) is 0 Å². The quantitative estimate of drug-likeness (QED) is 0.621. The van der Waals surface area contributed by atoms with Crippen molar-refractivity contribution in [2.45, 2.75) is 26.8 Å². The summed E-state index contributed by atoms with van der Waals surface area (Å²) in [5, 5.41) is 2.48. The lowest BCUT2D eigenvalue weighted by Crippen LogP contribution is -2.32. The SMILES string of the molecule is CCOC(=O)C(=O)NCc1ncccc1CC. The summed E-state index contributed by atoms with van der Waals surface area (Å²) >= 11 is 0. The van der Waals surface area contributed by atoms with Crippen molar-refractivity contribution >= 4 is 11.9 Å². The fraction of sp³-hybridized carbons (Fsp3) is 0.417. The number of nitrogens with one attached hydrogen (secondary N) is 1. The van der Waals surface area contributed by atoms with E-state index in [1.807, 2.05) is 19.1 Å². The fourth-order valence-electron chi connectivity index (χ4n) is 1.39. The lowest BCUT2D eigenvalue weighted by Gasteiger charge is -2.07. The van der Waals surface area contributed by atoms with Crippen LogP contribution in [-0.4, -0.2) is 23.5 Å². The molecule has 92 valence electrons. The number of carbonyl (C=O) groups is 2. The number of rotatable bonds is 4. The smallest absolute Gasteiger partial charge is 0.396 e. The van der Waals surface area contributed by atoms with Gasteiger partial charge in [0.25, 0.3) is 0 Å². The van der Waals surface area contributed by atoms with Gasteiger partial charge in [-0.3, -0.25) is 9.78 Å². The first-order valence-corrected chi connectivity index (χ1v) is 5.56. The van der Waals surface area contributed by atoms with Gasteiger partial charge in [0, 0.05) is 6.20 Å². The number of carbonyl (C=O) groups excluding carboxylic acids is 2. The van der Waals surface area contributed by atoms with Crippen LogP contribution in [0, 0.1) is 0 Å². The van der Waals surface area contributed by atoms with Gasteiger partial charge in [-0.15, -0.1) is 0 Å². The Morgan fingerprint density at radius 3 is 2.82 bits per heavy atom. The number of ether oxygens (including phenoxy) is 1. The average molecular weight is 236 g/mol. The van der Waals surface area contributed by atoms with E-state index >= 15 is 0 Å². The molecule has 0 radical (unpaired) electrons. The zero-order valence-corrected chi connectivity index (χ0v) is 10.0. The second-order valence-electron chi connectivity index (χ2n) is 3.37. The van der Waals surface area contributed by atoms with E-state index in [4.69, 9.17) is 0 Å². The van der Waals surface area contributed by atoms with Crippen LogP contribution in [0.5, 0.6) is 0 Å². The highest BCUT2D eigenvalue weighted by Crippen LogP contribution is 2.05. The summed E-state index contributed by atoms with van der Waals surface area (Å²) in [6, 6.07) is 3.79. The van der Waals surface area contributed by atoms with Gasteiger partial charge in [-0.25, -0.2) is 4.79 Å². The molecule has 1 aromatic heterocycles. The lowest BCUT2D eigenvalue weighted by atomic mass is 10.1. The van der Waals surface area contributed by atoms with E-state index in [-0.39, 0.29) is 13.2 Å². The third kappa shape index (κ3) is 3.86. The molecule has 0 aromatic carbocycles. The van der Waals surface area contributed by atoms with Crippen LogP contribution in [-0.2, 0) is 27.3 Å². The minimum atomic E-state index is -0.860. The molecule has 1 heterocycles. The van der Waals surface area contributed by atoms with E-state index in [1.165, 1.54) is 0 Å². The standard InChI is InChI=1S/C12H16N2O3/c1-3-9-6-5-7-13-10(9)8-14-11(15)12(16)17-4-2/h5-7H,3-4,8H2,1-2H3,(H,14,15). The van der Waals surface area contributed by atoms with Gasteiger partial charge in [0.15, 0.2) is 0 Å². The van der Waals surface area contributed by atoms with Crippen LogP contribution in [0.2, 0.25) is 0 Å². The van der Waals surface area contributed by atoms with Gasteiger partial charge in [0.2, 0.25) is 0 Å². The maximum Gasteiger partial charge on any atom is 0.396 e. The summed E-state index contributed by atoms with van der Waals surface area (Å²) in [5.74, 6) is -1.60. The van der Waals surface area contributed by atoms with Crippen LogP contribution < -0.4 is 5.32 Å². The van der Waals surface area contributed by atoms with Crippen molar-refractivity contribution < 1.29 is 14.3 Å². The van der Waals surface area contributed by atoms with E-state index in [9.17, 15) is 9.59 Å². The second kappa shape index (κ2) is 6.62. The van der Waals surface area contributed by atoms with Crippen LogP contribution in [0.1, 0.15) is 25.1 Å². The Bertz CT molecular complexity index is 404. The van der Waals surface area contributed by atoms with E-state index in [0.717, 1.165) is 17.7 Å². The molecule has 1 amide bonds. The van der Waals surface area contributed by atoms with E-state index in [2.05, 4.69) is 15.0 Å². The van der Waals surface area contributed by atoms with Crippen molar-refractivity contribution in [2.24, 2.45) is 0 Å². The minimum absolute atomic E-state index is 0.191. The van der Waals surface area contributed by atoms with Crippen LogP contribution in [0.15, 0.2) is 18.3 Å². The Morgan fingerprint density at radius 2 is 2.18 bits per heavy atom. The molecule has 1 N–H and O–H groups in total. The van der Waals surface area contributed by atoms with Crippen molar-refractivity contribution in [3.8, 4) is 0 Å². The van der Waals surface area contributed by atoms with Gasteiger partial charge >= 0.3 is 11.9 Å². The second-order valence-corrected chi connectivity index (χ2v) is 3.37. The van der Waals surface area contributed by atoms with E-state index in [1.54, 1.807) is 13.1 Å². The maximum absolute atomic E-state index is 11.3. The normalized spacial score (nSPS) is 9.76. The molecule has 0 unspecified atom stereocenters. The van der Waals surface area contributed by atoms with Crippen molar-refractivity contribution in [3.63, 3.8) is 0 Å². The number of pyridine rings is 1. The molecule has 17 heavy (non-hydrogen) atoms. The zero-order valence-electron chi connectivity index (χ0n) is 10.0. The zero-order chi connectivity index (χ0) is 12.7. The molecule has 0 spiro atoms. The molecule has 5 nitrogen and oxygen atoms in total. The van der Waals surface area contributed by atoms with Gasteiger partial charge < -0.3 is 10.1 Å². The molecular formula is C12H16N2O3. The Balaban J connectivity index is 2.55. The highest BCUT2D eigenvalue weighted by Gasteiger charge is 2.14. The van der Waals surface area contributed by atoms with Gasteiger partial charge in [0.05, 0.1) is 18.8 Å². The third-order valence-electron chi connectivity index (χ3n) is 2.24. The molecule has 0 saturated heterocycles. The number of amides is 1. The minimum Gasteiger partial charge on any atom is -0.459 e. The van der Waals surface area contributed by atoms with Crippen molar-refractivity contribution in [1.29, 1.82) is 0 Å². The molecular weight excluding hydrogens is 220 g/mol. The Labute approximate surface area is 100 Å². The first kappa shape index (κ1) is 13.2. The summed E-state index contributed by atoms with van der Waals surface area (Å²) < 4.78 is 4.58. The molecule has 1 aromatic rings. The van der Waals surface area contributed by atoms with Crippen molar-refractivity contribution in [2.75, 3.05) is 6.61 Å². The van der Waals surface area contributed by atoms with Gasteiger partial charge in [-0.05, 0) is 25.0 Å². The monoisotopic (exact) mass is 236 g/mol. The summed E-state index contributed by atoms with van der Waals surface area (Å²) in [6.45, 7) is 4.09. The van der Waals surface area contributed by atoms with Gasteiger partial charge in [0.1, 0.15) is 0 Å². The molecule has 1 rings (SSSR count). The molecule has 0 atom stereocenters. The molecule has 0 fully saturated rings. The summed E-state index contributed by atoms with van der Waals surface area (Å²) in [5.41, 5.74) is 1.82.